The highest BCUT2D eigenvalue weighted by Crippen LogP contribution is 2.40. The molecule has 0 spiro atoms. The molecule has 2 aromatic rings. The van der Waals surface area contributed by atoms with Gasteiger partial charge in [0.15, 0.2) is 11.6 Å². The van der Waals surface area contributed by atoms with Crippen molar-refractivity contribution in [2.45, 2.75) is 13.3 Å². The predicted molar refractivity (Wildman–Crippen MR) is 79.0 cm³/mol. The van der Waals surface area contributed by atoms with Crippen molar-refractivity contribution in [2.24, 2.45) is 0 Å². The average Bonchev–Trinajstić information content (AvgIpc) is 2.51. The van der Waals surface area contributed by atoms with Crippen LogP contribution >= 0.6 is 15.9 Å². The number of nitrogens with two attached hydrogens (primary N) is 1. The Kier molecular flexibility index (Phi) is 4.62. The highest BCUT2D eigenvalue weighted by Gasteiger charge is 2.23. The first-order valence-corrected chi connectivity index (χ1v) is 7.02. The summed E-state index contributed by atoms with van der Waals surface area (Å²) in [6, 6.07) is 4.96. The molecular formula is C15H10BrF3N2O. The number of hydrogen-bond acceptors (Lipinski definition) is 3. The van der Waals surface area contributed by atoms with Gasteiger partial charge in [0.1, 0.15) is 17.6 Å². The van der Waals surface area contributed by atoms with Crippen LogP contribution in [0.3, 0.4) is 0 Å². The van der Waals surface area contributed by atoms with Crippen LogP contribution in [0.15, 0.2) is 22.7 Å². The van der Waals surface area contributed by atoms with Gasteiger partial charge in [-0.2, -0.15) is 9.65 Å². The Hall–Kier alpha value is -2.20. The summed E-state index contributed by atoms with van der Waals surface area (Å²) in [7, 11) is 0. The topological polar surface area (TPSA) is 59.0 Å². The fourth-order valence-electron chi connectivity index (χ4n) is 1.91. The number of ether oxygens (including phenoxy) is 1. The zero-order chi connectivity index (χ0) is 16.4. The molecule has 7 heteroatoms. The minimum atomic E-state index is -1.26. The van der Waals surface area contributed by atoms with Gasteiger partial charge in [-0.3, -0.25) is 0 Å². The lowest BCUT2D eigenvalue weighted by Crippen LogP contribution is -2.04. The van der Waals surface area contributed by atoms with E-state index in [1.165, 1.54) is 6.07 Å². The van der Waals surface area contributed by atoms with E-state index in [-0.39, 0.29) is 21.5 Å². The standard InChI is InChI=1S/C15H10BrF3N2O/c1-2-9-11(16)15(13(19)12(18)14(9)21)22-8-3-4-10(17)7(5-8)6-20/h3-5H,2,21H2,1H3. The number of hydrogen-bond donors (Lipinski definition) is 1. The molecule has 0 amide bonds. The lowest BCUT2D eigenvalue weighted by atomic mass is 10.1. The quantitative estimate of drug-likeness (QED) is 0.630. The van der Waals surface area contributed by atoms with Crippen LogP contribution in [-0.4, -0.2) is 0 Å². The van der Waals surface area contributed by atoms with Crippen molar-refractivity contribution in [1.29, 1.82) is 5.26 Å². The number of benzene rings is 2. The zero-order valence-corrected chi connectivity index (χ0v) is 13.0. The highest BCUT2D eigenvalue weighted by atomic mass is 79.9. The van der Waals surface area contributed by atoms with Crippen LogP contribution < -0.4 is 10.5 Å². The highest BCUT2D eigenvalue weighted by molar-refractivity contribution is 9.10. The maximum Gasteiger partial charge on any atom is 0.204 e. The molecule has 0 aliphatic rings. The molecule has 2 aromatic carbocycles. The molecule has 2 rings (SSSR count). The van der Waals surface area contributed by atoms with Gasteiger partial charge in [-0.25, -0.2) is 8.78 Å². The lowest BCUT2D eigenvalue weighted by Gasteiger charge is -2.15. The fraction of sp³-hybridized carbons (Fsp3) is 0.133. The zero-order valence-electron chi connectivity index (χ0n) is 11.4. The van der Waals surface area contributed by atoms with E-state index in [9.17, 15) is 13.2 Å². The van der Waals surface area contributed by atoms with Gasteiger partial charge in [-0.05, 0) is 40.0 Å². The summed E-state index contributed by atoms with van der Waals surface area (Å²) < 4.78 is 46.6. The molecule has 22 heavy (non-hydrogen) atoms. The molecule has 0 fully saturated rings. The number of nitrogens with zero attached hydrogens (tertiary/aromatic N) is 1. The molecule has 0 aromatic heterocycles. The number of nitriles is 1. The van der Waals surface area contributed by atoms with Gasteiger partial charge in [0.25, 0.3) is 0 Å². The van der Waals surface area contributed by atoms with Crippen LogP contribution in [0.25, 0.3) is 0 Å². The summed E-state index contributed by atoms with van der Waals surface area (Å²) in [5, 5.41) is 8.78. The van der Waals surface area contributed by atoms with E-state index in [2.05, 4.69) is 15.9 Å². The van der Waals surface area contributed by atoms with Crippen LogP contribution in [-0.2, 0) is 6.42 Å². The molecule has 0 radical (unpaired) electrons. The number of rotatable bonds is 3. The van der Waals surface area contributed by atoms with Crippen LogP contribution in [0.5, 0.6) is 11.5 Å². The largest absolute Gasteiger partial charge is 0.453 e. The van der Waals surface area contributed by atoms with Crippen molar-refractivity contribution < 1.29 is 17.9 Å². The van der Waals surface area contributed by atoms with Gasteiger partial charge < -0.3 is 10.5 Å². The number of nitrogen functional groups attached to an aromatic ring is 1. The average molecular weight is 371 g/mol. The minimum absolute atomic E-state index is 0.00349. The van der Waals surface area contributed by atoms with E-state index in [4.69, 9.17) is 15.7 Å². The molecule has 3 nitrogen and oxygen atoms in total. The molecule has 0 saturated carbocycles. The van der Waals surface area contributed by atoms with Crippen LogP contribution in [0.4, 0.5) is 18.9 Å². The summed E-state index contributed by atoms with van der Waals surface area (Å²) in [5.74, 6) is -3.60. The van der Waals surface area contributed by atoms with E-state index in [0.29, 0.717) is 12.0 Å². The SMILES string of the molecule is CCc1c(N)c(F)c(F)c(Oc2ccc(F)c(C#N)c2)c1Br. The van der Waals surface area contributed by atoms with Crippen molar-refractivity contribution in [3.05, 3.63) is 51.3 Å². The maximum atomic E-state index is 14.0. The Balaban J connectivity index is 2.55. The van der Waals surface area contributed by atoms with Crippen LogP contribution in [0.2, 0.25) is 0 Å². The van der Waals surface area contributed by atoms with Crippen molar-refractivity contribution in [3.8, 4) is 17.6 Å². The summed E-state index contributed by atoms with van der Waals surface area (Å²) >= 11 is 3.13. The normalized spacial score (nSPS) is 10.4. The van der Waals surface area contributed by atoms with E-state index < -0.39 is 23.2 Å². The number of anilines is 1. The van der Waals surface area contributed by atoms with E-state index >= 15 is 0 Å². The summed E-state index contributed by atoms with van der Waals surface area (Å²) in [5.41, 5.74) is 5.33. The van der Waals surface area contributed by atoms with Gasteiger partial charge in [0.2, 0.25) is 5.82 Å². The van der Waals surface area contributed by atoms with E-state index in [1.54, 1.807) is 13.0 Å². The summed E-state index contributed by atoms with van der Waals surface area (Å²) in [6.45, 7) is 1.73. The first kappa shape index (κ1) is 16.2. The summed E-state index contributed by atoms with van der Waals surface area (Å²) in [6.07, 6.45) is 0.354. The Bertz CT molecular complexity index is 788. The summed E-state index contributed by atoms with van der Waals surface area (Å²) in [4.78, 5) is 0. The molecule has 114 valence electrons. The van der Waals surface area contributed by atoms with Crippen molar-refractivity contribution in [2.75, 3.05) is 5.73 Å². The molecule has 0 saturated heterocycles. The molecule has 0 aliphatic carbocycles. The van der Waals surface area contributed by atoms with E-state index in [0.717, 1.165) is 12.1 Å². The molecule has 0 bridgehead atoms. The molecule has 0 unspecified atom stereocenters. The monoisotopic (exact) mass is 370 g/mol. The third-order valence-corrected chi connectivity index (χ3v) is 3.89. The molecular weight excluding hydrogens is 361 g/mol. The third kappa shape index (κ3) is 2.74. The molecule has 0 heterocycles. The minimum Gasteiger partial charge on any atom is -0.453 e. The van der Waals surface area contributed by atoms with Crippen LogP contribution in [0.1, 0.15) is 18.1 Å². The van der Waals surface area contributed by atoms with Crippen molar-refractivity contribution in [3.63, 3.8) is 0 Å². The van der Waals surface area contributed by atoms with Gasteiger partial charge in [-0.15, -0.1) is 0 Å². The molecule has 0 atom stereocenters. The molecule has 0 aliphatic heterocycles. The van der Waals surface area contributed by atoms with Crippen molar-refractivity contribution >= 4 is 21.6 Å². The third-order valence-electron chi connectivity index (χ3n) is 3.05. The van der Waals surface area contributed by atoms with Gasteiger partial charge >= 0.3 is 0 Å². The van der Waals surface area contributed by atoms with Crippen molar-refractivity contribution in [1.82, 2.24) is 0 Å². The second-order valence-corrected chi connectivity index (χ2v) is 5.17. The second-order valence-electron chi connectivity index (χ2n) is 4.37. The van der Waals surface area contributed by atoms with E-state index in [1.807, 2.05) is 0 Å². The number of halogens is 4. The first-order chi connectivity index (χ1) is 10.4. The van der Waals surface area contributed by atoms with Gasteiger partial charge in [0.05, 0.1) is 15.7 Å². The Morgan fingerprint density at radius 3 is 2.55 bits per heavy atom. The Morgan fingerprint density at radius 2 is 1.95 bits per heavy atom. The fourth-order valence-corrected chi connectivity index (χ4v) is 2.66. The smallest absolute Gasteiger partial charge is 0.204 e. The first-order valence-electron chi connectivity index (χ1n) is 6.23. The second kappa shape index (κ2) is 6.28. The van der Waals surface area contributed by atoms with Gasteiger partial charge in [-0.1, -0.05) is 6.92 Å². The lowest BCUT2D eigenvalue weighted by molar-refractivity contribution is 0.412. The molecule has 2 N–H and O–H groups in total. The van der Waals surface area contributed by atoms with Gasteiger partial charge in [0, 0.05) is 6.07 Å². The predicted octanol–water partition coefficient (Wildman–Crippen LogP) is 4.67. The Labute approximate surface area is 133 Å². The Morgan fingerprint density at radius 1 is 1.27 bits per heavy atom. The maximum absolute atomic E-state index is 14.0. The van der Waals surface area contributed by atoms with Crippen LogP contribution in [0, 0.1) is 28.8 Å².